The van der Waals surface area contributed by atoms with Gasteiger partial charge >= 0.3 is 17.9 Å². The monoisotopic (exact) mass is 476 g/mol. The number of esters is 3. The highest BCUT2D eigenvalue weighted by Gasteiger charge is 2.65. The van der Waals surface area contributed by atoms with Gasteiger partial charge in [0, 0.05) is 39.0 Å². The van der Waals surface area contributed by atoms with Crippen LogP contribution in [0.3, 0.4) is 0 Å². The van der Waals surface area contributed by atoms with Crippen molar-refractivity contribution < 1.29 is 33.4 Å². The zero-order valence-corrected chi connectivity index (χ0v) is 21.4. The van der Waals surface area contributed by atoms with Gasteiger partial charge in [0.15, 0.2) is 6.10 Å². The lowest BCUT2D eigenvalue weighted by Gasteiger charge is -2.62. The van der Waals surface area contributed by atoms with E-state index in [0.29, 0.717) is 36.4 Å². The second kappa shape index (κ2) is 8.94. The Morgan fingerprint density at radius 2 is 1.44 bits per heavy atom. The van der Waals surface area contributed by atoms with Crippen LogP contribution in [0.4, 0.5) is 0 Å². The minimum atomic E-state index is -0.814. The van der Waals surface area contributed by atoms with Crippen LogP contribution in [-0.2, 0) is 33.4 Å². The van der Waals surface area contributed by atoms with Crippen LogP contribution >= 0.6 is 0 Å². The number of hydrogen-bond donors (Lipinski definition) is 0. The molecule has 0 spiro atoms. The smallest absolute Gasteiger partial charge is 0.303 e. The number of hydrogen-bond acceptors (Lipinski definition) is 7. The second-order valence-corrected chi connectivity index (χ2v) is 11.7. The highest BCUT2D eigenvalue weighted by Crippen LogP contribution is 2.67. The zero-order chi connectivity index (χ0) is 25.0. The van der Waals surface area contributed by atoms with Crippen molar-refractivity contribution in [2.75, 3.05) is 0 Å². The number of ether oxygens (including phenoxy) is 3. The number of fused-ring (bicyclic) bond motifs is 5. The summed E-state index contributed by atoms with van der Waals surface area (Å²) >= 11 is 0. The van der Waals surface area contributed by atoms with Crippen molar-refractivity contribution in [3.8, 4) is 0 Å². The molecule has 0 heterocycles. The molecule has 7 heteroatoms. The average Bonchev–Trinajstić information content (AvgIpc) is 2.98. The SMILES string of the molecule is CCC1C(=O)CC2C3CCC4C(OC(C)=O)C(OC(C)=O)C(OC(C)=O)CC4(C)C3CCC12C. The van der Waals surface area contributed by atoms with Crippen LogP contribution in [0.5, 0.6) is 0 Å². The van der Waals surface area contributed by atoms with Crippen LogP contribution in [0, 0.1) is 40.4 Å². The van der Waals surface area contributed by atoms with Crippen LogP contribution in [0.1, 0.15) is 86.5 Å². The molecule has 0 amide bonds. The maximum absolute atomic E-state index is 12.9. The summed E-state index contributed by atoms with van der Waals surface area (Å²) in [4.78, 5) is 49.0. The molecule has 4 saturated carbocycles. The third-order valence-corrected chi connectivity index (χ3v) is 10.0. The Labute approximate surface area is 202 Å². The maximum Gasteiger partial charge on any atom is 0.303 e. The van der Waals surface area contributed by atoms with Gasteiger partial charge in [-0.2, -0.15) is 0 Å². The van der Waals surface area contributed by atoms with Crippen LogP contribution in [0.2, 0.25) is 0 Å². The van der Waals surface area contributed by atoms with Gasteiger partial charge in [0.05, 0.1) is 0 Å². The van der Waals surface area contributed by atoms with E-state index in [9.17, 15) is 19.2 Å². The second-order valence-electron chi connectivity index (χ2n) is 11.7. The molecule has 0 aromatic heterocycles. The molecule has 4 aliphatic carbocycles. The summed E-state index contributed by atoms with van der Waals surface area (Å²) in [6, 6.07) is 0. The predicted octanol–water partition coefficient (Wildman–Crippen LogP) is 4.25. The molecular weight excluding hydrogens is 436 g/mol. The number of Topliss-reactive ketones (excluding diaryl/α,β-unsaturated/α-hetero) is 1. The standard InChI is InChI=1S/C27H40O7/c1-7-18-22(31)12-21-17-8-9-20-24(33-15(3)29)25(34-16(4)30)23(32-14(2)28)13-27(20,6)19(17)10-11-26(18,21)5/h17-21,23-25H,7-13H2,1-6H3. The van der Waals surface area contributed by atoms with Crippen LogP contribution in [0.25, 0.3) is 0 Å². The number of carbonyl (C=O) groups is 4. The van der Waals surface area contributed by atoms with Gasteiger partial charge in [0.2, 0.25) is 0 Å². The lowest BCUT2D eigenvalue weighted by Crippen LogP contribution is -2.64. The summed E-state index contributed by atoms with van der Waals surface area (Å²) in [6.45, 7) is 10.7. The van der Waals surface area contributed by atoms with E-state index < -0.39 is 36.2 Å². The van der Waals surface area contributed by atoms with Crippen LogP contribution in [-0.4, -0.2) is 42.0 Å². The topological polar surface area (TPSA) is 96.0 Å². The largest absolute Gasteiger partial charge is 0.458 e. The van der Waals surface area contributed by atoms with Gasteiger partial charge in [-0.3, -0.25) is 19.2 Å². The molecule has 4 rings (SSSR count). The third kappa shape index (κ3) is 3.97. The van der Waals surface area contributed by atoms with E-state index in [1.165, 1.54) is 20.8 Å². The molecule has 0 radical (unpaired) electrons. The fourth-order valence-electron chi connectivity index (χ4n) is 8.90. The van der Waals surface area contributed by atoms with Gasteiger partial charge < -0.3 is 14.2 Å². The van der Waals surface area contributed by atoms with Gasteiger partial charge in [0.25, 0.3) is 0 Å². The van der Waals surface area contributed by atoms with Crippen molar-refractivity contribution in [1.29, 1.82) is 0 Å². The Kier molecular flexibility index (Phi) is 6.62. The molecule has 0 aliphatic heterocycles. The maximum atomic E-state index is 12.9. The van der Waals surface area contributed by atoms with Gasteiger partial charge in [-0.1, -0.05) is 20.8 Å². The van der Waals surface area contributed by atoms with E-state index in [2.05, 4.69) is 20.8 Å². The zero-order valence-electron chi connectivity index (χ0n) is 21.4. The first-order chi connectivity index (χ1) is 15.9. The summed E-state index contributed by atoms with van der Waals surface area (Å²) in [5.74, 6) is 0.316. The molecule has 4 fully saturated rings. The Hall–Kier alpha value is -1.92. The first-order valence-corrected chi connectivity index (χ1v) is 13.0. The Morgan fingerprint density at radius 1 is 0.824 bits per heavy atom. The summed E-state index contributed by atoms with van der Waals surface area (Å²) in [5, 5.41) is 0. The Bertz CT molecular complexity index is 867. The molecule has 190 valence electrons. The van der Waals surface area contributed by atoms with Crippen molar-refractivity contribution in [3.63, 3.8) is 0 Å². The van der Waals surface area contributed by atoms with E-state index in [1.807, 2.05) is 0 Å². The molecule has 0 saturated heterocycles. The van der Waals surface area contributed by atoms with Crippen molar-refractivity contribution in [3.05, 3.63) is 0 Å². The minimum absolute atomic E-state index is 0.00255. The van der Waals surface area contributed by atoms with Crippen molar-refractivity contribution in [2.24, 2.45) is 40.4 Å². The van der Waals surface area contributed by atoms with E-state index in [4.69, 9.17) is 14.2 Å². The number of carbonyl (C=O) groups excluding carboxylic acids is 4. The van der Waals surface area contributed by atoms with Crippen molar-refractivity contribution >= 4 is 23.7 Å². The quantitative estimate of drug-likeness (QED) is 0.442. The van der Waals surface area contributed by atoms with E-state index in [0.717, 1.165) is 32.1 Å². The highest BCUT2D eigenvalue weighted by molar-refractivity contribution is 5.84. The first kappa shape index (κ1) is 25.2. The molecule has 7 nitrogen and oxygen atoms in total. The third-order valence-electron chi connectivity index (χ3n) is 10.0. The van der Waals surface area contributed by atoms with Gasteiger partial charge in [-0.25, -0.2) is 0 Å². The Morgan fingerprint density at radius 3 is 2.03 bits per heavy atom. The van der Waals surface area contributed by atoms with Crippen LogP contribution < -0.4 is 0 Å². The molecule has 0 aromatic rings. The molecule has 10 unspecified atom stereocenters. The molecule has 34 heavy (non-hydrogen) atoms. The molecule has 0 N–H and O–H groups in total. The number of ketones is 1. The lowest BCUT2D eigenvalue weighted by molar-refractivity contribution is -0.234. The lowest BCUT2D eigenvalue weighted by atomic mass is 9.44. The summed E-state index contributed by atoms with van der Waals surface area (Å²) in [5.41, 5.74) is -0.204. The van der Waals surface area contributed by atoms with E-state index in [1.54, 1.807) is 0 Å². The summed E-state index contributed by atoms with van der Waals surface area (Å²) < 4.78 is 17.2. The molecular formula is C27H40O7. The fourth-order valence-corrected chi connectivity index (χ4v) is 8.90. The first-order valence-electron chi connectivity index (χ1n) is 13.0. The van der Waals surface area contributed by atoms with Crippen molar-refractivity contribution in [1.82, 2.24) is 0 Å². The molecule has 10 atom stereocenters. The highest BCUT2D eigenvalue weighted by atomic mass is 16.6. The van der Waals surface area contributed by atoms with Crippen LogP contribution in [0.15, 0.2) is 0 Å². The summed E-state index contributed by atoms with van der Waals surface area (Å²) in [6.07, 6.45) is 3.79. The Balaban J connectivity index is 1.71. The normalized spacial score (nSPS) is 45.4. The summed E-state index contributed by atoms with van der Waals surface area (Å²) in [7, 11) is 0. The molecule has 0 bridgehead atoms. The molecule has 0 aromatic carbocycles. The fraction of sp³-hybridized carbons (Fsp3) is 0.852. The van der Waals surface area contributed by atoms with Crippen molar-refractivity contribution in [2.45, 2.75) is 105 Å². The number of rotatable bonds is 4. The van der Waals surface area contributed by atoms with E-state index in [-0.39, 0.29) is 22.7 Å². The minimum Gasteiger partial charge on any atom is -0.458 e. The van der Waals surface area contributed by atoms with E-state index >= 15 is 0 Å². The molecule has 4 aliphatic rings. The predicted molar refractivity (Wildman–Crippen MR) is 123 cm³/mol. The van der Waals surface area contributed by atoms with Gasteiger partial charge in [-0.05, 0) is 67.1 Å². The average molecular weight is 477 g/mol. The van der Waals surface area contributed by atoms with Gasteiger partial charge in [0.1, 0.15) is 18.0 Å². The van der Waals surface area contributed by atoms with Gasteiger partial charge in [-0.15, -0.1) is 0 Å².